The molecule has 0 aliphatic carbocycles. The molecule has 166 valence electrons. The first-order valence-corrected chi connectivity index (χ1v) is 12.3. The molecule has 7 nitrogen and oxygen atoms in total. The number of nitrogens with one attached hydrogen (secondary N) is 2. The number of carbonyl (C=O) groups is 2. The summed E-state index contributed by atoms with van der Waals surface area (Å²) >= 11 is 9.70. The first-order valence-electron chi connectivity index (χ1n) is 9.34. The Bertz CT molecular complexity index is 1240. The van der Waals surface area contributed by atoms with E-state index in [9.17, 15) is 14.2 Å². The summed E-state index contributed by atoms with van der Waals surface area (Å²) in [5.41, 5.74) is 3.12. The van der Waals surface area contributed by atoms with E-state index in [1.807, 2.05) is 19.1 Å². The Morgan fingerprint density at radius 3 is 2.38 bits per heavy atom. The van der Waals surface area contributed by atoms with E-state index in [0.29, 0.717) is 32.7 Å². The number of ketones is 1. The fraction of sp³-hybridized carbons (Fsp3) is 0.0909. The normalized spacial score (nSPS) is 11.2. The highest BCUT2D eigenvalue weighted by Crippen LogP contribution is 2.35. The Kier molecular flexibility index (Phi) is 7.54. The zero-order chi connectivity index (χ0) is 23.5. The maximum absolute atomic E-state index is 12.9. The molecule has 0 saturated carbocycles. The molecular weight excluding hydrogens is 519 g/mol. The first kappa shape index (κ1) is 24.2. The van der Waals surface area contributed by atoms with Crippen LogP contribution in [0.2, 0.25) is 5.02 Å². The fourth-order valence-corrected chi connectivity index (χ4v) is 4.09. The van der Waals surface area contributed by atoms with Crippen molar-refractivity contribution in [3.8, 4) is 0 Å². The number of amides is 1. The van der Waals surface area contributed by atoms with E-state index in [4.69, 9.17) is 21.4 Å². The van der Waals surface area contributed by atoms with E-state index in [0.717, 1.165) is 5.56 Å². The summed E-state index contributed by atoms with van der Waals surface area (Å²) < 4.78 is 11.7. The predicted molar refractivity (Wildman–Crippen MR) is 129 cm³/mol. The van der Waals surface area contributed by atoms with Gasteiger partial charge in [-0.05, 0) is 48.9 Å². The molecule has 4 N–H and O–H groups in total. The number of anilines is 3. The highest BCUT2D eigenvalue weighted by Gasteiger charge is 2.20. The van der Waals surface area contributed by atoms with Crippen molar-refractivity contribution in [2.24, 2.45) is 0 Å². The third kappa shape index (κ3) is 6.28. The third-order valence-electron chi connectivity index (χ3n) is 4.49. The second-order valence-corrected chi connectivity index (χ2v) is 9.99. The average Bonchev–Trinajstić information content (AvgIpc) is 2.68. The lowest BCUT2D eigenvalue weighted by Crippen LogP contribution is -2.17. The highest BCUT2D eigenvalue weighted by molar-refractivity contribution is 9.10. The molecule has 1 amide bonds. The molecule has 32 heavy (non-hydrogen) atoms. The van der Waals surface area contributed by atoms with Gasteiger partial charge in [-0.3, -0.25) is 14.2 Å². The number of carbonyl (C=O) groups excluding carboxylic acids is 2. The minimum Gasteiger partial charge on any atom is -0.354 e. The Hall–Kier alpha value is -2.48. The van der Waals surface area contributed by atoms with Crippen LogP contribution in [0.1, 0.15) is 21.5 Å². The van der Waals surface area contributed by atoms with Gasteiger partial charge in [0, 0.05) is 21.3 Å². The highest BCUT2D eigenvalue weighted by atomic mass is 79.9. The summed E-state index contributed by atoms with van der Waals surface area (Å²) in [6.07, 6.45) is -0.930. The van der Waals surface area contributed by atoms with Gasteiger partial charge in [-0.15, -0.1) is 0 Å². The van der Waals surface area contributed by atoms with E-state index in [-0.39, 0.29) is 10.8 Å². The summed E-state index contributed by atoms with van der Waals surface area (Å²) in [6, 6.07) is 17.1. The second kappa shape index (κ2) is 9.98. The number of aryl methyl sites for hydroxylation is 1. The van der Waals surface area contributed by atoms with Gasteiger partial charge in [0.15, 0.2) is 5.78 Å². The monoisotopic (exact) mass is 536 g/mol. The van der Waals surface area contributed by atoms with Gasteiger partial charge in [0.05, 0.1) is 16.4 Å². The molecule has 0 atom stereocenters. The zero-order valence-corrected chi connectivity index (χ0v) is 20.0. The van der Waals surface area contributed by atoms with Gasteiger partial charge < -0.3 is 20.4 Å². The van der Waals surface area contributed by atoms with Crippen LogP contribution in [0, 0.1) is 6.92 Å². The van der Waals surface area contributed by atoms with E-state index in [2.05, 4.69) is 26.6 Å². The van der Waals surface area contributed by atoms with Gasteiger partial charge >= 0.3 is 7.60 Å². The molecule has 3 aromatic carbocycles. The van der Waals surface area contributed by atoms with Gasteiger partial charge in [-0.25, -0.2) is 0 Å². The summed E-state index contributed by atoms with van der Waals surface area (Å²) in [5, 5.41) is 5.85. The molecule has 3 aromatic rings. The second-order valence-electron chi connectivity index (χ2n) is 7.02. The fourth-order valence-electron chi connectivity index (χ4n) is 3.01. The summed E-state index contributed by atoms with van der Waals surface area (Å²) in [5.74, 6) is -1.01. The van der Waals surface area contributed by atoms with Crippen molar-refractivity contribution >= 4 is 63.9 Å². The van der Waals surface area contributed by atoms with Crippen molar-refractivity contribution < 1.29 is 23.9 Å². The Morgan fingerprint density at radius 1 is 1.00 bits per heavy atom. The number of hydrogen-bond donors (Lipinski definition) is 4. The van der Waals surface area contributed by atoms with E-state index in [1.54, 1.807) is 48.5 Å². The van der Waals surface area contributed by atoms with Crippen molar-refractivity contribution in [2.45, 2.75) is 6.92 Å². The summed E-state index contributed by atoms with van der Waals surface area (Å²) in [4.78, 5) is 42.9. The van der Waals surface area contributed by atoms with Crippen LogP contribution in [0.15, 0.2) is 65.1 Å². The number of halogens is 2. The Morgan fingerprint density at radius 2 is 1.72 bits per heavy atom. The van der Waals surface area contributed by atoms with Crippen LogP contribution in [-0.4, -0.2) is 27.6 Å². The molecular formula is C22H19BrClN2O5P. The Balaban J connectivity index is 1.84. The smallest absolute Gasteiger partial charge is 0.334 e. The minimum absolute atomic E-state index is 0.186. The lowest BCUT2D eigenvalue weighted by molar-refractivity contribution is -0.114. The van der Waals surface area contributed by atoms with Gasteiger partial charge in [0.2, 0.25) is 5.91 Å². The van der Waals surface area contributed by atoms with Crippen LogP contribution in [0.3, 0.4) is 0 Å². The van der Waals surface area contributed by atoms with Crippen molar-refractivity contribution in [2.75, 3.05) is 16.8 Å². The number of benzene rings is 3. The predicted octanol–water partition coefficient (Wildman–Crippen LogP) is 5.50. The molecule has 0 heterocycles. The van der Waals surface area contributed by atoms with Crippen molar-refractivity contribution in [1.82, 2.24) is 0 Å². The molecule has 3 rings (SSSR count). The maximum Gasteiger partial charge on any atom is 0.334 e. The van der Waals surface area contributed by atoms with E-state index >= 15 is 0 Å². The summed E-state index contributed by atoms with van der Waals surface area (Å²) in [6.45, 7) is 1.85. The van der Waals surface area contributed by atoms with Crippen molar-refractivity contribution in [1.29, 1.82) is 0 Å². The molecule has 0 radical (unpaired) electrons. The number of rotatable bonds is 7. The topological polar surface area (TPSA) is 116 Å². The van der Waals surface area contributed by atoms with Crippen LogP contribution in [-0.2, 0) is 9.36 Å². The zero-order valence-electron chi connectivity index (χ0n) is 16.8. The molecule has 0 aliphatic rings. The third-order valence-corrected chi connectivity index (χ3v) is 5.99. The first-order chi connectivity index (χ1) is 15.0. The quantitative estimate of drug-likeness (QED) is 0.234. The van der Waals surface area contributed by atoms with Crippen molar-refractivity contribution in [3.05, 3.63) is 86.8 Å². The van der Waals surface area contributed by atoms with Crippen LogP contribution in [0.4, 0.5) is 17.1 Å². The molecule has 0 spiro atoms. The van der Waals surface area contributed by atoms with Crippen LogP contribution < -0.4 is 10.6 Å². The molecule has 0 aromatic heterocycles. The molecule has 0 bridgehead atoms. The largest absolute Gasteiger partial charge is 0.354 e. The average molecular weight is 538 g/mol. The van der Waals surface area contributed by atoms with Gasteiger partial charge in [-0.1, -0.05) is 51.8 Å². The SMILES string of the molecule is Cc1ccccc1C(=O)c1ccc(Nc2ccc(Br)cc2NC(=O)CP(=O)(O)O)cc1Cl. The molecule has 10 heteroatoms. The number of hydrogen-bond acceptors (Lipinski definition) is 4. The standard InChI is InChI=1S/C22H19BrClN2O5P/c1-13-4-2-3-5-16(13)22(28)17-8-7-15(11-18(17)24)25-19-9-6-14(23)10-20(19)26-21(27)12-32(29,30)31/h2-11,25H,12H2,1H3,(H,26,27)(H2,29,30,31). The molecule has 0 unspecified atom stereocenters. The molecule has 0 saturated heterocycles. The van der Waals surface area contributed by atoms with Gasteiger partial charge in [0.25, 0.3) is 0 Å². The lowest BCUT2D eigenvalue weighted by Gasteiger charge is -2.15. The van der Waals surface area contributed by atoms with Crippen molar-refractivity contribution in [3.63, 3.8) is 0 Å². The molecule has 0 fully saturated rings. The van der Waals surface area contributed by atoms with Crippen LogP contribution in [0.25, 0.3) is 0 Å². The van der Waals surface area contributed by atoms with Crippen LogP contribution in [0.5, 0.6) is 0 Å². The minimum atomic E-state index is -4.50. The van der Waals surface area contributed by atoms with Crippen LogP contribution >= 0.6 is 35.1 Å². The molecule has 0 aliphatic heterocycles. The van der Waals surface area contributed by atoms with E-state index < -0.39 is 19.7 Å². The Labute approximate surface area is 198 Å². The maximum atomic E-state index is 12.9. The van der Waals surface area contributed by atoms with E-state index in [1.165, 1.54) is 0 Å². The van der Waals surface area contributed by atoms with Gasteiger partial charge in [0.1, 0.15) is 6.16 Å². The lowest BCUT2D eigenvalue weighted by atomic mass is 9.99. The summed E-state index contributed by atoms with van der Waals surface area (Å²) in [7, 11) is -4.50. The van der Waals surface area contributed by atoms with Gasteiger partial charge in [-0.2, -0.15) is 0 Å².